The highest BCUT2D eigenvalue weighted by molar-refractivity contribution is 5.57. The molecule has 0 aliphatic carbocycles. The van der Waals surface area contributed by atoms with Crippen molar-refractivity contribution in [1.29, 1.82) is 0 Å². The Morgan fingerprint density at radius 2 is 1.43 bits per heavy atom. The number of anilines is 3. The number of nitroso groups, excluding NO2 is 1. The molecule has 0 saturated carbocycles. The van der Waals surface area contributed by atoms with Crippen LogP contribution in [0, 0.1) is 4.91 Å². The summed E-state index contributed by atoms with van der Waals surface area (Å²) in [5.41, 5.74) is 17.3. The summed E-state index contributed by atoms with van der Waals surface area (Å²) in [5.74, 6) is 0.920. The minimum atomic E-state index is 0. The average Bonchev–Trinajstić information content (AvgIpc) is 2.98. The van der Waals surface area contributed by atoms with Gasteiger partial charge in [0.15, 0.2) is 11.5 Å². The molecular weight excluding hydrogens is 296 g/mol. The average molecular weight is 326 g/mol. The van der Waals surface area contributed by atoms with Gasteiger partial charge in [-0.1, -0.05) is 28.7 Å². The Morgan fingerprint density at radius 1 is 0.957 bits per heavy atom. The summed E-state index contributed by atoms with van der Waals surface area (Å²) in [6.07, 6.45) is 4.90. The van der Waals surface area contributed by atoms with Gasteiger partial charge in [-0.25, -0.2) is 9.36 Å². The highest BCUT2D eigenvalue weighted by atomic mass is 16.3. The third kappa shape index (κ3) is 5.97. The molecule has 0 unspecified atom stereocenters. The van der Waals surface area contributed by atoms with E-state index in [9.17, 15) is 4.91 Å². The largest absolute Gasteiger partial charge is 0.394 e. The van der Waals surface area contributed by atoms with Crippen molar-refractivity contribution in [1.82, 2.24) is 19.6 Å². The van der Waals surface area contributed by atoms with Crippen LogP contribution in [-0.4, -0.2) is 19.6 Å². The van der Waals surface area contributed by atoms with Gasteiger partial charge in [-0.3, -0.25) is 0 Å². The smallest absolute Gasteiger partial charge is 0.169 e. The van der Waals surface area contributed by atoms with Gasteiger partial charge in [-0.05, 0) is 18.0 Å². The summed E-state index contributed by atoms with van der Waals surface area (Å²) in [4.78, 5) is 10.1. The molecule has 23 heavy (non-hydrogen) atoms. The van der Waals surface area contributed by atoms with Gasteiger partial charge in [-0.2, -0.15) is 10.2 Å². The number of nitrogen functional groups attached to an aromatic ring is 3. The summed E-state index contributed by atoms with van der Waals surface area (Å²) in [5, 5.41) is 10.6. The molecule has 2 heterocycles. The summed E-state index contributed by atoms with van der Waals surface area (Å²) >= 11 is 0. The van der Waals surface area contributed by atoms with Crippen LogP contribution in [0.5, 0.6) is 0 Å². The Kier molecular flexibility index (Phi) is 10.9. The summed E-state index contributed by atoms with van der Waals surface area (Å²) < 4.78 is 3.27. The van der Waals surface area contributed by atoms with Gasteiger partial charge in [0.2, 0.25) is 0 Å². The second-order valence-electron chi connectivity index (χ2n) is 4.44. The Hall–Kier alpha value is -2.58. The van der Waals surface area contributed by atoms with E-state index in [0.717, 1.165) is 25.9 Å². The predicted molar refractivity (Wildman–Crippen MR) is 97.2 cm³/mol. The molecular formula is C14H30N8O. The maximum Gasteiger partial charge on any atom is 0.169 e. The Morgan fingerprint density at radius 3 is 1.78 bits per heavy atom. The molecule has 2 rings (SSSR count). The molecule has 0 spiro atoms. The lowest BCUT2D eigenvalue weighted by atomic mass is 10.5. The van der Waals surface area contributed by atoms with Crippen LogP contribution in [0.15, 0.2) is 17.6 Å². The Labute approximate surface area is 137 Å². The van der Waals surface area contributed by atoms with Crippen LogP contribution in [0.3, 0.4) is 0 Å². The summed E-state index contributed by atoms with van der Waals surface area (Å²) in [6.45, 7) is 5.64. The molecule has 0 atom stereocenters. The third-order valence-electron chi connectivity index (χ3n) is 2.74. The number of rotatable bonds is 5. The van der Waals surface area contributed by atoms with Gasteiger partial charge in [0.25, 0.3) is 0 Å². The minimum Gasteiger partial charge on any atom is -0.394 e. The zero-order valence-electron chi connectivity index (χ0n) is 12.4. The maximum atomic E-state index is 10.1. The SMILES string of the molecule is C.C.CCCn1ncc(N)c1N.CCCn1ncc(N=O)c1N. The first-order chi connectivity index (χ1) is 10.0. The van der Waals surface area contributed by atoms with Crippen molar-refractivity contribution in [2.45, 2.75) is 54.6 Å². The molecule has 0 fully saturated rings. The lowest BCUT2D eigenvalue weighted by Crippen LogP contribution is -2.04. The number of nitrogens with zero attached hydrogens (tertiary/aromatic N) is 5. The first-order valence-corrected chi connectivity index (χ1v) is 6.76. The van der Waals surface area contributed by atoms with Gasteiger partial charge < -0.3 is 17.2 Å². The van der Waals surface area contributed by atoms with Crippen molar-refractivity contribution in [2.75, 3.05) is 17.2 Å². The van der Waals surface area contributed by atoms with Crippen LogP contribution in [0.4, 0.5) is 23.0 Å². The zero-order chi connectivity index (χ0) is 15.8. The van der Waals surface area contributed by atoms with E-state index in [1.165, 1.54) is 6.20 Å². The van der Waals surface area contributed by atoms with Crippen molar-refractivity contribution < 1.29 is 0 Å². The molecule has 2 aromatic heterocycles. The number of nitrogens with two attached hydrogens (primary N) is 3. The molecule has 0 aliphatic heterocycles. The molecule has 0 aromatic carbocycles. The molecule has 6 N–H and O–H groups in total. The van der Waals surface area contributed by atoms with E-state index in [1.54, 1.807) is 15.6 Å². The lowest BCUT2D eigenvalue weighted by Gasteiger charge is -1.99. The molecule has 2 aromatic rings. The Bertz CT molecular complexity index is 575. The molecule has 0 bridgehead atoms. The van der Waals surface area contributed by atoms with E-state index in [1.807, 2.05) is 6.92 Å². The van der Waals surface area contributed by atoms with Crippen LogP contribution in [0.25, 0.3) is 0 Å². The van der Waals surface area contributed by atoms with Crippen LogP contribution in [0.1, 0.15) is 41.5 Å². The van der Waals surface area contributed by atoms with Gasteiger partial charge in [0, 0.05) is 13.1 Å². The van der Waals surface area contributed by atoms with Crippen molar-refractivity contribution in [3.63, 3.8) is 0 Å². The molecule has 0 aliphatic rings. The molecule has 0 saturated heterocycles. The normalized spacial score (nSPS) is 9.13. The van der Waals surface area contributed by atoms with E-state index in [-0.39, 0.29) is 20.5 Å². The highest BCUT2D eigenvalue weighted by Gasteiger charge is 2.05. The zero-order valence-corrected chi connectivity index (χ0v) is 12.4. The predicted octanol–water partition coefficient (Wildman–Crippen LogP) is 3.00. The highest BCUT2D eigenvalue weighted by Crippen LogP contribution is 2.20. The molecule has 0 amide bonds. The minimum absolute atomic E-state index is 0. The topological polar surface area (TPSA) is 143 Å². The van der Waals surface area contributed by atoms with E-state index >= 15 is 0 Å². The molecule has 9 heteroatoms. The number of aromatic nitrogens is 4. The first-order valence-electron chi connectivity index (χ1n) is 6.76. The van der Waals surface area contributed by atoms with Gasteiger partial charge >= 0.3 is 0 Å². The van der Waals surface area contributed by atoms with Gasteiger partial charge in [-0.15, -0.1) is 4.91 Å². The fraction of sp³-hybridized carbons (Fsp3) is 0.571. The quantitative estimate of drug-likeness (QED) is 0.720. The second kappa shape index (κ2) is 11.0. The number of hydrogen-bond donors (Lipinski definition) is 3. The number of hydrogen-bond acceptors (Lipinski definition) is 7. The van der Waals surface area contributed by atoms with Crippen LogP contribution in [-0.2, 0) is 13.1 Å². The van der Waals surface area contributed by atoms with Crippen LogP contribution in [0.2, 0.25) is 0 Å². The van der Waals surface area contributed by atoms with E-state index in [0.29, 0.717) is 17.3 Å². The monoisotopic (exact) mass is 326 g/mol. The molecule has 132 valence electrons. The van der Waals surface area contributed by atoms with Crippen molar-refractivity contribution in [2.24, 2.45) is 5.18 Å². The van der Waals surface area contributed by atoms with E-state index in [4.69, 9.17) is 17.2 Å². The third-order valence-corrected chi connectivity index (χ3v) is 2.74. The summed E-state index contributed by atoms with van der Waals surface area (Å²) in [6, 6.07) is 0. The van der Waals surface area contributed by atoms with Crippen molar-refractivity contribution in [3.8, 4) is 0 Å². The van der Waals surface area contributed by atoms with Crippen LogP contribution < -0.4 is 17.2 Å². The maximum absolute atomic E-state index is 10.1. The standard InChI is InChI=1S/C6H10N4O.C6H12N4.2CH4/c1-2-3-10-6(7)5(9-11)4-8-10;1-2-3-10-6(8)5(7)4-9-10;;/h4H,2-3,7H2,1H3;4H,2-3,7-8H2,1H3;2*1H4. The molecule has 9 nitrogen and oxygen atoms in total. The summed E-state index contributed by atoms with van der Waals surface area (Å²) in [7, 11) is 0. The fourth-order valence-corrected chi connectivity index (χ4v) is 1.64. The van der Waals surface area contributed by atoms with Crippen LogP contribution >= 0.6 is 0 Å². The van der Waals surface area contributed by atoms with E-state index in [2.05, 4.69) is 22.3 Å². The molecule has 0 radical (unpaired) electrons. The van der Waals surface area contributed by atoms with Crippen molar-refractivity contribution in [3.05, 3.63) is 17.3 Å². The van der Waals surface area contributed by atoms with E-state index < -0.39 is 0 Å². The number of aryl methyl sites for hydroxylation is 2. The fourth-order valence-electron chi connectivity index (χ4n) is 1.64. The second-order valence-corrected chi connectivity index (χ2v) is 4.44. The lowest BCUT2D eigenvalue weighted by molar-refractivity contribution is 0.611. The van der Waals surface area contributed by atoms with Gasteiger partial charge in [0.05, 0.1) is 18.1 Å². The van der Waals surface area contributed by atoms with Crippen molar-refractivity contribution >= 4 is 23.0 Å². The first kappa shape index (κ1) is 22.7. The Balaban J connectivity index is 0. The van der Waals surface area contributed by atoms with Gasteiger partial charge in [0.1, 0.15) is 5.82 Å².